The molecule has 2 N–H and O–H groups in total. The molecule has 2 aromatic carbocycles. The van der Waals surface area contributed by atoms with Crippen molar-refractivity contribution in [1.29, 1.82) is 0 Å². The Labute approximate surface area is 207 Å². The third-order valence-corrected chi connectivity index (χ3v) is 6.12. The normalized spacial score (nSPS) is 15.7. The van der Waals surface area contributed by atoms with E-state index in [-0.39, 0.29) is 11.9 Å². The van der Waals surface area contributed by atoms with Gasteiger partial charge in [-0.15, -0.1) is 0 Å². The van der Waals surface area contributed by atoms with Crippen LogP contribution in [0.15, 0.2) is 53.7 Å². The van der Waals surface area contributed by atoms with E-state index in [4.69, 9.17) is 26.4 Å². The number of amides is 1. The highest BCUT2D eigenvalue weighted by Gasteiger charge is 2.34. The van der Waals surface area contributed by atoms with Crippen LogP contribution in [0.4, 0.5) is 5.69 Å². The molecule has 0 aromatic heterocycles. The molecule has 7 nitrogen and oxygen atoms in total. The first-order valence-corrected chi connectivity index (χ1v) is 11.8. The Bertz CT molecular complexity index is 1050. The quantitative estimate of drug-likeness (QED) is 0.378. The maximum Gasteiger partial charge on any atom is 0.255 e. The first kappa shape index (κ1) is 25.5. The second-order valence-corrected chi connectivity index (χ2v) is 8.40. The summed E-state index contributed by atoms with van der Waals surface area (Å²) >= 11 is 5.70. The number of methoxy groups -OCH3 is 2. The van der Waals surface area contributed by atoms with Crippen molar-refractivity contribution >= 4 is 28.9 Å². The summed E-state index contributed by atoms with van der Waals surface area (Å²) in [7, 11) is 3.15. The molecule has 1 unspecified atom stereocenters. The van der Waals surface area contributed by atoms with Crippen LogP contribution in [0.2, 0.25) is 0 Å². The highest BCUT2D eigenvalue weighted by atomic mass is 32.1. The molecule has 3 rings (SSSR count). The van der Waals surface area contributed by atoms with E-state index in [1.165, 1.54) is 0 Å². The molecule has 0 bridgehead atoms. The molecule has 1 amide bonds. The summed E-state index contributed by atoms with van der Waals surface area (Å²) in [5.41, 5.74) is 4.05. The molecule has 0 spiro atoms. The number of ether oxygens (including phenoxy) is 3. The van der Waals surface area contributed by atoms with Gasteiger partial charge in [0.1, 0.15) is 11.5 Å². The van der Waals surface area contributed by atoms with Crippen LogP contribution in [0.25, 0.3) is 0 Å². The maximum absolute atomic E-state index is 13.7. The average molecular weight is 484 g/mol. The Hall–Kier alpha value is -3.10. The number of thiocarbonyl (C=S) groups is 1. The van der Waals surface area contributed by atoms with Gasteiger partial charge in [0.05, 0.1) is 31.5 Å². The van der Waals surface area contributed by atoms with Crippen molar-refractivity contribution in [1.82, 2.24) is 10.2 Å². The predicted molar refractivity (Wildman–Crippen MR) is 138 cm³/mol. The lowest BCUT2D eigenvalue weighted by atomic mass is 9.93. The standard InChI is InChI=1S/C26H33N3O4S/c1-6-33-15-7-14-29-18(3)23(24(28-26(29)34)19-10-8-17(2)9-11-19)25(30)27-21-16-20(31-4)12-13-22(21)32-5/h8-13,16,24H,6-7,14-15H2,1-5H3,(H,27,30)(H,28,34). The average Bonchev–Trinajstić information content (AvgIpc) is 2.83. The smallest absolute Gasteiger partial charge is 0.255 e. The summed E-state index contributed by atoms with van der Waals surface area (Å²) in [4.78, 5) is 15.7. The van der Waals surface area contributed by atoms with E-state index in [0.717, 1.165) is 23.2 Å². The van der Waals surface area contributed by atoms with Gasteiger partial charge in [-0.2, -0.15) is 0 Å². The lowest BCUT2D eigenvalue weighted by molar-refractivity contribution is -0.113. The zero-order chi connectivity index (χ0) is 24.7. The Morgan fingerprint density at radius 3 is 2.50 bits per heavy atom. The molecule has 1 heterocycles. The van der Waals surface area contributed by atoms with Crippen LogP contribution in [0.5, 0.6) is 11.5 Å². The molecule has 8 heteroatoms. The van der Waals surface area contributed by atoms with Crippen LogP contribution in [0, 0.1) is 6.92 Å². The number of aryl methyl sites for hydroxylation is 1. The molecule has 0 saturated carbocycles. The molecule has 0 fully saturated rings. The fourth-order valence-corrected chi connectivity index (χ4v) is 4.27. The number of benzene rings is 2. The topological polar surface area (TPSA) is 72.1 Å². The van der Waals surface area contributed by atoms with E-state index in [0.29, 0.717) is 47.6 Å². The first-order chi connectivity index (χ1) is 16.4. The number of allylic oxidation sites excluding steroid dienone is 1. The van der Waals surface area contributed by atoms with Crippen LogP contribution in [0.3, 0.4) is 0 Å². The van der Waals surface area contributed by atoms with Crippen LogP contribution in [0.1, 0.15) is 37.4 Å². The van der Waals surface area contributed by atoms with E-state index < -0.39 is 0 Å². The summed E-state index contributed by atoms with van der Waals surface area (Å²) in [6.07, 6.45) is 0.792. The summed E-state index contributed by atoms with van der Waals surface area (Å²) in [6.45, 7) is 7.90. The van der Waals surface area contributed by atoms with Crippen molar-refractivity contribution in [3.63, 3.8) is 0 Å². The second-order valence-electron chi connectivity index (χ2n) is 8.01. The largest absolute Gasteiger partial charge is 0.497 e. The summed E-state index contributed by atoms with van der Waals surface area (Å²) in [5.74, 6) is 0.934. The Morgan fingerprint density at radius 1 is 1.12 bits per heavy atom. The molecule has 34 heavy (non-hydrogen) atoms. The predicted octanol–water partition coefficient (Wildman–Crippen LogP) is 4.58. The van der Waals surface area contributed by atoms with Crippen molar-refractivity contribution in [3.8, 4) is 11.5 Å². The maximum atomic E-state index is 13.7. The number of nitrogens with one attached hydrogen (secondary N) is 2. The van der Waals surface area contributed by atoms with Crippen LogP contribution < -0.4 is 20.1 Å². The van der Waals surface area contributed by atoms with Gasteiger partial charge < -0.3 is 29.7 Å². The number of carbonyl (C=O) groups excluding carboxylic acids is 1. The van der Waals surface area contributed by atoms with Crippen molar-refractivity contribution in [3.05, 3.63) is 64.9 Å². The van der Waals surface area contributed by atoms with Crippen LogP contribution in [-0.2, 0) is 9.53 Å². The van der Waals surface area contributed by atoms with Gasteiger partial charge in [0, 0.05) is 31.5 Å². The van der Waals surface area contributed by atoms with Gasteiger partial charge in [-0.25, -0.2) is 0 Å². The summed E-state index contributed by atoms with van der Waals surface area (Å²) in [5, 5.41) is 7.00. The van der Waals surface area contributed by atoms with Crippen molar-refractivity contribution < 1.29 is 19.0 Å². The number of rotatable bonds is 10. The molecule has 0 saturated heterocycles. The fourth-order valence-electron chi connectivity index (χ4n) is 3.92. The Balaban J connectivity index is 1.99. The zero-order valence-electron chi connectivity index (χ0n) is 20.4. The Kier molecular flexibility index (Phi) is 8.90. The molecule has 1 aliphatic rings. The monoisotopic (exact) mass is 483 g/mol. The first-order valence-electron chi connectivity index (χ1n) is 11.4. The lowest BCUT2D eigenvalue weighted by Crippen LogP contribution is -2.48. The van der Waals surface area contributed by atoms with Gasteiger partial charge >= 0.3 is 0 Å². The number of nitrogens with zero attached hydrogens (tertiary/aromatic N) is 1. The number of carbonyl (C=O) groups is 1. The highest BCUT2D eigenvalue weighted by Crippen LogP contribution is 2.34. The molecule has 0 radical (unpaired) electrons. The third kappa shape index (κ3) is 5.87. The van der Waals surface area contributed by atoms with Gasteiger partial charge in [0.25, 0.3) is 5.91 Å². The summed E-state index contributed by atoms with van der Waals surface area (Å²) < 4.78 is 16.3. The minimum Gasteiger partial charge on any atom is -0.497 e. The van der Waals surface area contributed by atoms with Gasteiger partial charge in [0.15, 0.2) is 5.11 Å². The van der Waals surface area contributed by atoms with E-state index in [2.05, 4.69) is 10.6 Å². The van der Waals surface area contributed by atoms with Crippen LogP contribution >= 0.6 is 12.2 Å². The van der Waals surface area contributed by atoms with E-state index >= 15 is 0 Å². The molecule has 1 atom stereocenters. The second kappa shape index (κ2) is 11.9. The summed E-state index contributed by atoms with van der Waals surface area (Å²) in [6, 6.07) is 13.0. The molecular formula is C26H33N3O4S. The molecule has 1 aliphatic heterocycles. The highest BCUT2D eigenvalue weighted by molar-refractivity contribution is 7.80. The van der Waals surface area contributed by atoms with Crippen molar-refractivity contribution in [2.45, 2.75) is 33.2 Å². The Morgan fingerprint density at radius 2 is 1.85 bits per heavy atom. The van der Waals surface area contributed by atoms with E-state index in [9.17, 15) is 4.79 Å². The lowest BCUT2D eigenvalue weighted by Gasteiger charge is -2.38. The van der Waals surface area contributed by atoms with Gasteiger partial charge in [-0.05, 0) is 57.1 Å². The fraction of sp³-hybridized carbons (Fsp3) is 0.385. The minimum atomic E-state index is -0.382. The van der Waals surface area contributed by atoms with E-state index in [1.807, 2.05) is 49.9 Å². The molecule has 182 valence electrons. The van der Waals surface area contributed by atoms with Gasteiger partial charge in [-0.1, -0.05) is 29.8 Å². The molecule has 0 aliphatic carbocycles. The van der Waals surface area contributed by atoms with Gasteiger partial charge in [0.2, 0.25) is 0 Å². The number of hydrogen-bond acceptors (Lipinski definition) is 5. The third-order valence-electron chi connectivity index (χ3n) is 5.78. The van der Waals surface area contributed by atoms with Gasteiger partial charge in [-0.3, -0.25) is 4.79 Å². The number of anilines is 1. The van der Waals surface area contributed by atoms with Crippen molar-refractivity contribution in [2.75, 3.05) is 39.3 Å². The number of hydrogen-bond donors (Lipinski definition) is 2. The minimum absolute atomic E-state index is 0.237. The SMILES string of the molecule is CCOCCCN1C(=S)NC(c2ccc(C)cc2)C(C(=O)Nc2cc(OC)ccc2OC)=C1C. The zero-order valence-corrected chi connectivity index (χ0v) is 21.3. The van der Waals surface area contributed by atoms with E-state index in [1.54, 1.807) is 32.4 Å². The van der Waals surface area contributed by atoms with Crippen LogP contribution in [-0.4, -0.2) is 49.9 Å². The molecule has 2 aromatic rings. The molecular weight excluding hydrogens is 450 g/mol. The van der Waals surface area contributed by atoms with Crippen molar-refractivity contribution in [2.24, 2.45) is 0 Å².